The van der Waals surface area contributed by atoms with Crippen LogP contribution < -0.4 is 0 Å². The number of nitroso groups, excluding NO2 is 1. The highest BCUT2D eigenvalue weighted by Crippen LogP contribution is 2.39. The molecule has 7 heteroatoms. The van der Waals surface area contributed by atoms with E-state index in [1.807, 2.05) is 47.8 Å². The molecule has 0 atom stereocenters. The first-order chi connectivity index (χ1) is 12.2. The molecule has 0 unspecified atom stereocenters. The Morgan fingerprint density at radius 3 is 2.68 bits per heavy atom. The number of fused-ring (bicyclic) bond motifs is 1. The number of hydrogen-bond donors (Lipinski definition) is 1. The van der Waals surface area contributed by atoms with Crippen LogP contribution in [-0.2, 0) is 6.54 Å². The number of nitrogens with zero attached hydrogens (tertiary/aromatic N) is 3. The lowest BCUT2D eigenvalue weighted by atomic mass is 10.2. The molecule has 2 aromatic carbocycles. The van der Waals surface area contributed by atoms with Gasteiger partial charge in [-0.15, -0.1) is 16.2 Å². The van der Waals surface area contributed by atoms with E-state index < -0.39 is 0 Å². The Hall–Kier alpha value is -2.70. The van der Waals surface area contributed by atoms with Gasteiger partial charge in [0, 0.05) is 21.4 Å². The zero-order valence-corrected chi connectivity index (χ0v) is 14.5. The molecule has 5 nitrogen and oxygen atoms in total. The minimum absolute atomic E-state index is 0.0590. The van der Waals surface area contributed by atoms with Crippen LogP contribution in [0.15, 0.2) is 59.1 Å². The van der Waals surface area contributed by atoms with Crippen LogP contribution in [0, 0.1) is 4.91 Å². The maximum Gasteiger partial charge on any atom is 0.222 e. The van der Waals surface area contributed by atoms with E-state index in [1.54, 1.807) is 10.6 Å². The second-order valence-electron chi connectivity index (χ2n) is 5.52. The van der Waals surface area contributed by atoms with Gasteiger partial charge in [0.25, 0.3) is 0 Å². The van der Waals surface area contributed by atoms with Crippen molar-refractivity contribution in [2.45, 2.75) is 6.54 Å². The molecule has 25 heavy (non-hydrogen) atoms. The van der Waals surface area contributed by atoms with Crippen LogP contribution in [0.1, 0.15) is 5.69 Å². The lowest BCUT2D eigenvalue weighted by molar-refractivity contribution is 0.429. The molecule has 4 rings (SSSR count). The SMILES string of the molecule is O=Nc1c(O)n(Cc2csc(-c3ccc(Cl)cc3)n2)c2ccccc12. The van der Waals surface area contributed by atoms with Crippen LogP contribution in [0.25, 0.3) is 21.5 Å². The largest absolute Gasteiger partial charge is 0.493 e. The molecule has 2 aromatic heterocycles. The number of aromatic hydroxyl groups is 1. The molecule has 4 aromatic rings. The van der Waals surface area contributed by atoms with Crippen molar-refractivity contribution in [1.29, 1.82) is 0 Å². The zero-order valence-electron chi connectivity index (χ0n) is 12.9. The van der Waals surface area contributed by atoms with E-state index in [9.17, 15) is 10.0 Å². The molecule has 1 N–H and O–H groups in total. The average Bonchev–Trinajstić information content (AvgIpc) is 3.19. The lowest BCUT2D eigenvalue weighted by Gasteiger charge is -2.04. The minimum Gasteiger partial charge on any atom is -0.493 e. The fourth-order valence-corrected chi connectivity index (χ4v) is 3.73. The van der Waals surface area contributed by atoms with Crippen LogP contribution in [0.3, 0.4) is 0 Å². The first-order valence-corrected chi connectivity index (χ1v) is 8.77. The molecule has 0 saturated heterocycles. The Balaban J connectivity index is 1.72. The van der Waals surface area contributed by atoms with Gasteiger partial charge in [0.05, 0.1) is 17.8 Å². The van der Waals surface area contributed by atoms with Crippen molar-refractivity contribution < 1.29 is 5.11 Å². The van der Waals surface area contributed by atoms with Crippen molar-refractivity contribution in [3.8, 4) is 16.5 Å². The van der Waals surface area contributed by atoms with E-state index in [-0.39, 0.29) is 11.6 Å². The summed E-state index contributed by atoms with van der Waals surface area (Å²) in [7, 11) is 0. The van der Waals surface area contributed by atoms with Gasteiger partial charge in [0.2, 0.25) is 5.88 Å². The van der Waals surface area contributed by atoms with Gasteiger partial charge in [0.1, 0.15) is 5.01 Å². The Bertz CT molecular complexity index is 1070. The summed E-state index contributed by atoms with van der Waals surface area (Å²) in [6.07, 6.45) is 0. The average molecular weight is 370 g/mol. The fraction of sp³-hybridized carbons (Fsp3) is 0.0556. The summed E-state index contributed by atoms with van der Waals surface area (Å²) in [6, 6.07) is 14.8. The Morgan fingerprint density at radius 2 is 1.92 bits per heavy atom. The smallest absolute Gasteiger partial charge is 0.222 e. The van der Waals surface area contributed by atoms with Crippen LogP contribution >= 0.6 is 22.9 Å². The maximum absolute atomic E-state index is 11.1. The topological polar surface area (TPSA) is 67.5 Å². The third kappa shape index (κ3) is 2.79. The van der Waals surface area contributed by atoms with Crippen LogP contribution in [0.4, 0.5) is 5.69 Å². The molecule has 0 radical (unpaired) electrons. The van der Waals surface area contributed by atoms with Gasteiger partial charge in [-0.2, -0.15) is 0 Å². The predicted molar refractivity (Wildman–Crippen MR) is 101 cm³/mol. The molecule has 0 saturated carbocycles. The van der Waals surface area contributed by atoms with Gasteiger partial charge in [-0.05, 0) is 23.4 Å². The molecule has 0 bridgehead atoms. The highest BCUT2D eigenvalue weighted by atomic mass is 35.5. The Kier molecular flexibility index (Phi) is 3.99. The summed E-state index contributed by atoms with van der Waals surface area (Å²) in [5.41, 5.74) is 2.58. The molecule has 124 valence electrons. The second kappa shape index (κ2) is 6.31. The van der Waals surface area contributed by atoms with Gasteiger partial charge in [0.15, 0.2) is 5.69 Å². The summed E-state index contributed by atoms with van der Waals surface area (Å²) in [6.45, 7) is 0.353. The van der Waals surface area contributed by atoms with E-state index in [2.05, 4.69) is 10.2 Å². The standard InChI is InChI=1S/C18H12ClN3O2S/c19-12-7-5-11(6-8-12)17-20-13(10-25-17)9-22-15-4-2-1-3-14(15)16(21-24)18(22)23/h1-8,10,23H,9H2. The molecular weight excluding hydrogens is 358 g/mol. The maximum atomic E-state index is 11.1. The summed E-state index contributed by atoms with van der Waals surface area (Å²) in [5.74, 6) is -0.141. The molecule has 0 fully saturated rings. The Labute approximate surface area is 152 Å². The number of para-hydroxylation sites is 1. The van der Waals surface area contributed by atoms with Gasteiger partial charge < -0.3 is 9.67 Å². The van der Waals surface area contributed by atoms with Crippen LogP contribution in [-0.4, -0.2) is 14.7 Å². The van der Waals surface area contributed by atoms with Gasteiger partial charge in [-0.3, -0.25) is 0 Å². The van der Waals surface area contributed by atoms with Gasteiger partial charge >= 0.3 is 0 Å². The lowest BCUT2D eigenvalue weighted by Crippen LogP contribution is -1.99. The van der Waals surface area contributed by atoms with Crippen molar-refractivity contribution in [2.24, 2.45) is 5.18 Å². The van der Waals surface area contributed by atoms with E-state index in [0.29, 0.717) is 17.0 Å². The predicted octanol–water partition coefficient (Wildman–Crippen LogP) is 5.57. The third-order valence-electron chi connectivity index (χ3n) is 3.97. The molecule has 0 aliphatic rings. The molecule has 0 aliphatic heterocycles. The minimum atomic E-state index is -0.141. The molecule has 0 spiro atoms. The molecular formula is C18H12ClN3O2S. The van der Waals surface area contributed by atoms with Crippen LogP contribution in [0.2, 0.25) is 5.02 Å². The van der Waals surface area contributed by atoms with Crippen LogP contribution in [0.5, 0.6) is 5.88 Å². The zero-order chi connectivity index (χ0) is 17.4. The van der Waals surface area contributed by atoms with E-state index in [1.165, 1.54) is 11.3 Å². The number of hydrogen-bond acceptors (Lipinski definition) is 5. The highest BCUT2D eigenvalue weighted by Gasteiger charge is 2.18. The van der Waals surface area contributed by atoms with E-state index >= 15 is 0 Å². The number of benzene rings is 2. The van der Waals surface area contributed by atoms with Crippen molar-refractivity contribution in [3.05, 3.63) is 69.5 Å². The highest BCUT2D eigenvalue weighted by molar-refractivity contribution is 7.13. The number of halogens is 1. The summed E-state index contributed by atoms with van der Waals surface area (Å²) < 4.78 is 1.65. The monoisotopic (exact) mass is 369 g/mol. The summed E-state index contributed by atoms with van der Waals surface area (Å²) in [5, 5.41) is 17.4. The van der Waals surface area contributed by atoms with Gasteiger partial charge in [-0.1, -0.05) is 41.9 Å². The van der Waals surface area contributed by atoms with Gasteiger partial charge in [-0.25, -0.2) is 4.98 Å². The fourth-order valence-electron chi connectivity index (χ4n) is 2.79. The first-order valence-electron chi connectivity index (χ1n) is 7.51. The van der Waals surface area contributed by atoms with E-state index in [0.717, 1.165) is 21.8 Å². The molecule has 0 amide bonds. The normalized spacial score (nSPS) is 11.1. The summed E-state index contributed by atoms with van der Waals surface area (Å²) in [4.78, 5) is 15.7. The van der Waals surface area contributed by atoms with Crippen molar-refractivity contribution >= 4 is 39.5 Å². The number of aromatic nitrogens is 2. The molecule has 2 heterocycles. The van der Waals surface area contributed by atoms with Crippen molar-refractivity contribution in [1.82, 2.24) is 9.55 Å². The third-order valence-corrected chi connectivity index (χ3v) is 5.16. The van der Waals surface area contributed by atoms with Crippen molar-refractivity contribution in [2.75, 3.05) is 0 Å². The Morgan fingerprint density at radius 1 is 1.16 bits per heavy atom. The second-order valence-corrected chi connectivity index (χ2v) is 6.81. The number of rotatable bonds is 4. The van der Waals surface area contributed by atoms with Crippen molar-refractivity contribution in [3.63, 3.8) is 0 Å². The quantitative estimate of drug-likeness (QED) is 0.478. The first kappa shape index (κ1) is 15.8. The number of thiazole rings is 1. The molecule has 0 aliphatic carbocycles. The summed E-state index contributed by atoms with van der Waals surface area (Å²) >= 11 is 7.44. The van der Waals surface area contributed by atoms with E-state index in [4.69, 9.17) is 11.6 Å².